The Morgan fingerprint density at radius 2 is 1.88 bits per heavy atom. The molecule has 2 heterocycles. The molecule has 0 radical (unpaired) electrons. The lowest BCUT2D eigenvalue weighted by Crippen LogP contribution is -2.63. The number of ether oxygens (including phenoxy) is 2. The average Bonchev–Trinajstić information content (AvgIpc) is 3.41. The van der Waals surface area contributed by atoms with Crippen LogP contribution in [0.1, 0.15) is 24.5 Å². The highest BCUT2D eigenvalue weighted by Crippen LogP contribution is 2.24. The van der Waals surface area contributed by atoms with Crippen LogP contribution in [0.25, 0.3) is 10.9 Å². The zero-order chi connectivity index (χ0) is 30.9. The first-order valence-corrected chi connectivity index (χ1v) is 15.0. The molecule has 1 aliphatic heterocycles. The molecular weight excluding hydrogens is 595 g/mol. The van der Waals surface area contributed by atoms with Crippen molar-refractivity contribution in [1.82, 2.24) is 19.7 Å². The van der Waals surface area contributed by atoms with E-state index in [0.717, 1.165) is 22.0 Å². The van der Waals surface area contributed by atoms with Crippen LogP contribution in [-0.2, 0) is 41.5 Å². The number of carbonyl (C=O) groups is 4. The first-order chi connectivity index (χ1) is 20.7. The van der Waals surface area contributed by atoms with E-state index < -0.39 is 29.3 Å². The number of alkyl halides is 1. The van der Waals surface area contributed by atoms with Gasteiger partial charge in [-0.05, 0) is 42.7 Å². The molecule has 230 valence electrons. The Morgan fingerprint density at radius 1 is 1.14 bits per heavy atom. The number of para-hydroxylation sites is 1. The summed E-state index contributed by atoms with van der Waals surface area (Å²) in [7, 11) is 1.50. The van der Waals surface area contributed by atoms with Crippen molar-refractivity contribution in [3.05, 3.63) is 70.9 Å². The number of hydrogen-bond donors (Lipinski definition) is 1. The maximum absolute atomic E-state index is 13.8. The van der Waals surface area contributed by atoms with Crippen molar-refractivity contribution >= 4 is 57.8 Å². The summed E-state index contributed by atoms with van der Waals surface area (Å²) in [4.78, 5) is 60.6. The molecule has 2 atom stereocenters. The summed E-state index contributed by atoms with van der Waals surface area (Å²) in [6.07, 6.45) is 2.32. The summed E-state index contributed by atoms with van der Waals surface area (Å²) in [5, 5.41) is 1.60. The number of carbonyl (C=O) groups excluding carboxylic acids is 4. The van der Waals surface area contributed by atoms with E-state index in [2.05, 4.69) is 4.98 Å². The molecule has 1 aliphatic rings. The van der Waals surface area contributed by atoms with Gasteiger partial charge in [-0.3, -0.25) is 19.2 Å². The van der Waals surface area contributed by atoms with E-state index in [1.807, 2.05) is 30.5 Å². The van der Waals surface area contributed by atoms with Crippen molar-refractivity contribution in [1.29, 1.82) is 0 Å². The predicted octanol–water partition coefficient (Wildman–Crippen LogP) is 3.64. The van der Waals surface area contributed by atoms with Gasteiger partial charge in [0, 0.05) is 48.7 Å². The van der Waals surface area contributed by atoms with Crippen molar-refractivity contribution in [3.8, 4) is 0 Å². The summed E-state index contributed by atoms with van der Waals surface area (Å²) in [5.41, 5.74) is 1.98. The number of fused-ring (bicyclic) bond motifs is 1. The number of methoxy groups -OCH3 is 1. The molecule has 1 fully saturated rings. The third kappa shape index (κ3) is 8.28. The van der Waals surface area contributed by atoms with E-state index in [0.29, 0.717) is 11.4 Å². The standard InChI is InChI=1S/C31H36Cl2N4O6/c1-3-43-30(40)20-35(13-12-22-18-34-25-7-5-4-6-24(22)25)28(38)17-26-31(41)37(19-29(39)36(26)14-15-42-2)27(33)16-21-8-10-23(32)11-9-21/h4-11,18,26-27,34H,3,12-17,19-20H2,1-2H3. The fraction of sp³-hybridized carbons (Fsp3) is 0.419. The van der Waals surface area contributed by atoms with Gasteiger partial charge in [0.1, 0.15) is 24.6 Å². The number of nitrogens with one attached hydrogen (secondary N) is 1. The number of H-pyrrole nitrogens is 1. The average molecular weight is 632 g/mol. The fourth-order valence-corrected chi connectivity index (χ4v) is 5.66. The normalized spacial score (nSPS) is 16.0. The maximum atomic E-state index is 13.8. The molecule has 4 rings (SSSR count). The topological polar surface area (TPSA) is 112 Å². The quantitative estimate of drug-likeness (QED) is 0.165. The molecule has 2 unspecified atom stereocenters. The highest BCUT2D eigenvalue weighted by atomic mass is 35.5. The van der Waals surface area contributed by atoms with Gasteiger partial charge in [-0.2, -0.15) is 0 Å². The van der Waals surface area contributed by atoms with Crippen LogP contribution in [-0.4, -0.2) is 101 Å². The minimum atomic E-state index is -1.10. The van der Waals surface area contributed by atoms with E-state index in [1.54, 1.807) is 31.2 Å². The van der Waals surface area contributed by atoms with Gasteiger partial charge >= 0.3 is 5.97 Å². The number of esters is 1. The number of piperazine rings is 1. The lowest BCUT2D eigenvalue weighted by Gasteiger charge is -2.42. The van der Waals surface area contributed by atoms with Gasteiger partial charge in [0.05, 0.1) is 19.6 Å². The third-order valence-electron chi connectivity index (χ3n) is 7.43. The third-order valence-corrected chi connectivity index (χ3v) is 8.08. The van der Waals surface area contributed by atoms with E-state index in [9.17, 15) is 19.2 Å². The van der Waals surface area contributed by atoms with Gasteiger partial charge < -0.3 is 29.2 Å². The Morgan fingerprint density at radius 3 is 2.60 bits per heavy atom. The molecule has 43 heavy (non-hydrogen) atoms. The van der Waals surface area contributed by atoms with Crippen LogP contribution >= 0.6 is 23.2 Å². The van der Waals surface area contributed by atoms with E-state index >= 15 is 0 Å². The molecule has 3 aromatic rings. The van der Waals surface area contributed by atoms with Crippen LogP contribution in [0.15, 0.2) is 54.7 Å². The number of aromatic nitrogens is 1. The summed E-state index contributed by atoms with van der Waals surface area (Å²) >= 11 is 12.7. The summed E-state index contributed by atoms with van der Waals surface area (Å²) in [5.74, 6) is -1.78. The number of aromatic amines is 1. The Balaban J connectivity index is 1.53. The molecule has 0 aliphatic carbocycles. The molecule has 2 aromatic carbocycles. The minimum absolute atomic E-state index is 0.129. The monoisotopic (exact) mass is 630 g/mol. The first kappa shape index (κ1) is 32.3. The maximum Gasteiger partial charge on any atom is 0.325 e. The Bertz CT molecular complexity index is 1430. The molecule has 1 aromatic heterocycles. The molecule has 3 amide bonds. The summed E-state index contributed by atoms with van der Waals surface area (Å²) in [6.45, 7) is 1.89. The lowest BCUT2D eigenvalue weighted by atomic mass is 10.0. The molecule has 1 saturated heterocycles. The van der Waals surface area contributed by atoms with Crippen molar-refractivity contribution in [2.24, 2.45) is 0 Å². The number of halogens is 2. The molecule has 0 saturated carbocycles. The molecule has 0 bridgehead atoms. The van der Waals surface area contributed by atoms with Crippen LogP contribution < -0.4 is 0 Å². The van der Waals surface area contributed by atoms with E-state index in [4.69, 9.17) is 32.7 Å². The van der Waals surface area contributed by atoms with Gasteiger partial charge in [-0.25, -0.2) is 0 Å². The van der Waals surface area contributed by atoms with Gasteiger partial charge in [-0.1, -0.05) is 53.5 Å². The number of hydrogen-bond acceptors (Lipinski definition) is 6. The Kier molecular flexibility index (Phi) is 11.4. The molecule has 0 spiro atoms. The zero-order valence-electron chi connectivity index (χ0n) is 24.3. The second-order valence-electron chi connectivity index (χ2n) is 10.3. The smallest absolute Gasteiger partial charge is 0.325 e. The van der Waals surface area contributed by atoms with Crippen molar-refractivity contribution < 1.29 is 28.7 Å². The van der Waals surface area contributed by atoms with Gasteiger partial charge in [0.25, 0.3) is 0 Å². The zero-order valence-corrected chi connectivity index (χ0v) is 25.8. The molecule has 10 nitrogen and oxygen atoms in total. The van der Waals surface area contributed by atoms with Crippen LogP contribution in [0.5, 0.6) is 0 Å². The summed E-state index contributed by atoms with van der Waals surface area (Å²) in [6, 6.07) is 13.8. The Labute approximate surface area is 260 Å². The van der Waals surface area contributed by atoms with E-state index in [-0.39, 0.29) is 58.1 Å². The number of rotatable bonds is 14. The van der Waals surface area contributed by atoms with Crippen molar-refractivity contribution in [2.75, 3.05) is 46.5 Å². The largest absolute Gasteiger partial charge is 0.465 e. The van der Waals surface area contributed by atoms with Crippen LogP contribution in [0.3, 0.4) is 0 Å². The number of nitrogens with zero attached hydrogens (tertiary/aromatic N) is 3. The van der Waals surface area contributed by atoms with Crippen molar-refractivity contribution in [2.45, 2.75) is 37.7 Å². The minimum Gasteiger partial charge on any atom is -0.465 e. The lowest BCUT2D eigenvalue weighted by molar-refractivity contribution is -0.160. The van der Waals surface area contributed by atoms with Crippen LogP contribution in [0.4, 0.5) is 0 Å². The van der Waals surface area contributed by atoms with Crippen LogP contribution in [0.2, 0.25) is 5.02 Å². The fourth-order valence-electron chi connectivity index (χ4n) is 5.19. The highest BCUT2D eigenvalue weighted by Gasteiger charge is 2.43. The van der Waals surface area contributed by atoms with Gasteiger partial charge in [-0.15, -0.1) is 0 Å². The predicted molar refractivity (Wildman–Crippen MR) is 164 cm³/mol. The second-order valence-corrected chi connectivity index (χ2v) is 11.2. The Hall–Kier alpha value is -3.60. The van der Waals surface area contributed by atoms with Gasteiger partial charge in [0.15, 0.2) is 0 Å². The molecule has 1 N–H and O–H groups in total. The van der Waals surface area contributed by atoms with E-state index in [1.165, 1.54) is 21.8 Å². The first-order valence-electron chi connectivity index (χ1n) is 14.2. The van der Waals surface area contributed by atoms with Gasteiger partial charge in [0.2, 0.25) is 17.7 Å². The molecular formula is C31H36Cl2N4O6. The highest BCUT2D eigenvalue weighted by molar-refractivity contribution is 6.30. The van der Waals surface area contributed by atoms with Crippen molar-refractivity contribution in [3.63, 3.8) is 0 Å². The second kappa shape index (κ2) is 15.2. The SMILES string of the molecule is CCOC(=O)CN(CCc1c[nH]c2ccccc12)C(=O)CC1C(=O)N(C(Cl)Cc2ccc(Cl)cc2)CC(=O)N1CCOC. The number of benzene rings is 2. The number of amides is 3. The van der Waals surface area contributed by atoms with Crippen LogP contribution in [0, 0.1) is 0 Å². The molecule has 12 heteroatoms. The summed E-state index contributed by atoms with van der Waals surface area (Å²) < 4.78 is 10.3.